The molecule has 1 unspecified atom stereocenters. The minimum Gasteiger partial charge on any atom is -0.440 e. The number of benzene rings is 2. The maximum atomic E-state index is 13.5. The topological polar surface area (TPSA) is 83.7 Å². The number of piperidine rings is 2. The van der Waals surface area contributed by atoms with E-state index in [1.165, 1.54) is 4.31 Å². The number of carbonyl (C=O) groups excluding carboxylic acids is 1. The Hall–Kier alpha value is -2.71. The second kappa shape index (κ2) is 8.67. The largest absolute Gasteiger partial charge is 0.440 e. The highest BCUT2D eigenvalue weighted by Crippen LogP contribution is 2.31. The molecular formula is C24H27N3O4S. The van der Waals surface area contributed by atoms with E-state index in [-0.39, 0.29) is 22.3 Å². The van der Waals surface area contributed by atoms with Crippen LogP contribution in [-0.4, -0.2) is 54.7 Å². The van der Waals surface area contributed by atoms with Crippen LogP contribution in [-0.2, 0) is 10.0 Å². The van der Waals surface area contributed by atoms with Gasteiger partial charge < -0.3 is 9.32 Å². The number of sulfonamides is 1. The number of carbonyl (C=O) groups is 1. The maximum Gasteiger partial charge on any atom is 0.255 e. The van der Waals surface area contributed by atoms with E-state index in [0.717, 1.165) is 43.2 Å². The van der Waals surface area contributed by atoms with Gasteiger partial charge in [-0.1, -0.05) is 30.7 Å². The lowest BCUT2D eigenvalue weighted by Gasteiger charge is -2.32. The number of hydrogen-bond donors (Lipinski definition) is 0. The lowest BCUT2D eigenvalue weighted by Crippen LogP contribution is -2.41. The van der Waals surface area contributed by atoms with Crippen LogP contribution in [0.1, 0.15) is 54.3 Å². The number of para-hydroxylation sites is 2. The van der Waals surface area contributed by atoms with Gasteiger partial charge in [0.1, 0.15) is 5.52 Å². The fraction of sp³-hybridized carbons (Fsp3) is 0.417. The average molecular weight is 454 g/mol. The molecule has 0 saturated carbocycles. The fourth-order valence-corrected chi connectivity index (χ4v) is 6.41. The number of amides is 1. The van der Waals surface area contributed by atoms with Crippen molar-refractivity contribution < 1.29 is 17.6 Å². The molecular weight excluding hydrogens is 426 g/mol. The summed E-state index contributed by atoms with van der Waals surface area (Å²) in [6, 6.07) is 14.2. The molecule has 5 rings (SSSR count). The molecule has 1 aromatic heterocycles. The Bertz CT molecular complexity index is 1200. The zero-order valence-electron chi connectivity index (χ0n) is 17.9. The van der Waals surface area contributed by atoms with Gasteiger partial charge in [-0.15, -0.1) is 0 Å². The second-order valence-electron chi connectivity index (χ2n) is 8.57. The molecule has 0 bridgehead atoms. The fourth-order valence-electron chi connectivity index (χ4n) is 4.71. The average Bonchev–Trinajstić information content (AvgIpc) is 3.29. The summed E-state index contributed by atoms with van der Waals surface area (Å²) >= 11 is 0. The quantitative estimate of drug-likeness (QED) is 0.596. The lowest BCUT2D eigenvalue weighted by molar-refractivity contribution is 0.0694. The van der Waals surface area contributed by atoms with Crippen molar-refractivity contribution in [2.24, 2.45) is 0 Å². The molecule has 2 aliphatic rings. The van der Waals surface area contributed by atoms with E-state index in [1.807, 2.05) is 24.3 Å². The highest BCUT2D eigenvalue weighted by Gasteiger charge is 2.33. The van der Waals surface area contributed by atoms with Crippen LogP contribution in [0.4, 0.5) is 0 Å². The molecule has 0 spiro atoms. The Morgan fingerprint density at radius 1 is 0.938 bits per heavy atom. The van der Waals surface area contributed by atoms with Crippen LogP contribution in [0.2, 0.25) is 0 Å². The lowest BCUT2D eigenvalue weighted by atomic mass is 9.97. The van der Waals surface area contributed by atoms with Crippen LogP contribution in [0.25, 0.3) is 11.1 Å². The Morgan fingerprint density at radius 3 is 2.50 bits per heavy atom. The number of aromatic nitrogens is 1. The molecule has 2 aromatic carbocycles. The molecule has 32 heavy (non-hydrogen) atoms. The zero-order valence-corrected chi connectivity index (χ0v) is 18.8. The first-order valence-electron chi connectivity index (χ1n) is 11.3. The number of rotatable bonds is 4. The minimum atomic E-state index is -3.70. The van der Waals surface area contributed by atoms with Crippen LogP contribution in [0, 0.1) is 0 Å². The molecule has 0 aliphatic carbocycles. The van der Waals surface area contributed by atoms with Crippen molar-refractivity contribution in [1.29, 1.82) is 0 Å². The van der Waals surface area contributed by atoms with Gasteiger partial charge in [0.2, 0.25) is 10.0 Å². The standard InChI is InChI=1S/C24H27N3O4S/c28-24(19-10-2-5-13-22(19)32(29,30)27-15-6-1-7-16-27)26-14-8-9-18(17-26)23-25-20-11-3-4-12-21(20)31-23/h2-5,10-13,18H,1,6-9,14-17H2. The Balaban J connectivity index is 1.40. The predicted octanol–water partition coefficient (Wildman–Crippen LogP) is 4.02. The van der Waals surface area contributed by atoms with Crippen LogP contribution >= 0.6 is 0 Å². The van der Waals surface area contributed by atoms with Crippen LogP contribution in [0.3, 0.4) is 0 Å². The highest BCUT2D eigenvalue weighted by molar-refractivity contribution is 7.89. The van der Waals surface area contributed by atoms with Gasteiger partial charge in [0.25, 0.3) is 5.91 Å². The van der Waals surface area contributed by atoms with Crippen molar-refractivity contribution in [3.05, 3.63) is 60.0 Å². The molecule has 2 fully saturated rings. The number of hydrogen-bond acceptors (Lipinski definition) is 5. The molecule has 3 heterocycles. The summed E-state index contributed by atoms with van der Waals surface area (Å²) in [5, 5.41) is 0. The zero-order chi connectivity index (χ0) is 22.1. The van der Waals surface area contributed by atoms with Crippen molar-refractivity contribution in [2.75, 3.05) is 26.2 Å². The smallest absolute Gasteiger partial charge is 0.255 e. The first-order chi connectivity index (χ1) is 15.5. The van der Waals surface area contributed by atoms with Crippen molar-refractivity contribution in [3.8, 4) is 0 Å². The first kappa shape index (κ1) is 21.2. The Labute approximate surface area is 188 Å². The van der Waals surface area contributed by atoms with Crippen LogP contribution < -0.4 is 0 Å². The Kier molecular flexibility index (Phi) is 5.73. The second-order valence-corrected chi connectivity index (χ2v) is 10.5. The molecule has 2 aliphatic heterocycles. The predicted molar refractivity (Wildman–Crippen MR) is 121 cm³/mol. The van der Waals surface area contributed by atoms with E-state index in [4.69, 9.17) is 4.42 Å². The molecule has 1 amide bonds. The molecule has 7 nitrogen and oxygen atoms in total. The summed E-state index contributed by atoms with van der Waals surface area (Å²) < 4.78 is 34.1. The summed E-state index contributed by atoms with van der Waals surface area (Å²) in [6.07, 6.45) is 4.44. The van der Waals surface area contributed by atoms with E-state index in [0.29, 0.717) is 32.1 Å². The molecule has 168 valence electrons. The van der Waals surface area contributed by atoms with Gasteiger partial charge in [0.15, 0.2) is 11.5 Å². The highest BCUT2D eigenvalue weighted by atomic mass is 32.2. The van der Waals surface area contributed by atoms with E-state index < -0.39 is 10.0 Å². The molecule has 8 heteroatoms. The SMILES string of the molecule is O=C(c1ccccc1S(=O)(=O)N1CCCCC1)N1CCCC(c2nc3ccccc3o2)C1. The van der Waals surface area contributed by atoms with E-state index >= 15 is 0 Å². The molecule has 1 atom stereocenters. The van der Waals surface area contributed by atoms with Crippen LogP contribution in [0.5, 0.6) is 0 Å². The van der Waals surface area contributed by atoms with Gasteiger partial charge >= 0.3 is 0 Å². The van der Waals surface area contributed by atoms with Gasteiger partial charge in [-0.25, -0.2) is 13.4 Å². The molecule has 2 saturated heterocycles. The third kappa shape index (κ3) is 3.93. The molecule has 0 radical (unpaired) electrons. The number of oxazole rings is 1. The third-order valence-corrected chi connectivity index (χ3v) is 8.38. The van der Waals surface area contributed by atoms with E-state index in [2.05, 4.69) is 4.98 Å². The van der Waals surface area contributed by atoms with Crippen molar-refractivity contribution in [2.45, 2.75) is 42.9 Å². The molecule has 3 aromatic rings. The summed E-state index contributed by atoms with van der Waals surface area (Å²) in [4.78, 5) is 20.0. The summed E-state index contributed by atoms with van der Waals surface area (Å²) in [5.41, 5.74) is 1.80. The summed E-state index contributed by atoms with van der Waals surface area (Å²) in [6.45, 7) is 2.07. The summed E-state index contributed by atoms with van der Waals surface area (Å²) in [5.74, 6) is 0.380. The van der Waals surface area contributed by atoms with Gasteiger partial charge in [0.05, 0.1) is 16.4 Å². The van der Waals surface area contributed by atoms with Crippen molar-refractivity contribution in [3.63, 3.8) is 0 Å². The van der Waals surface area contributed by atoms with Gasteiger partial charge in [0, 0.05) is 26.2 Å². The normalized spacial score (nSPS) is 20.5. The van der Waals surface area contributed by atoms with E-state index in [1.54, 1.807) is 29.2 Å². The summed E-state index contributed by atoms with van der Waals surface area (Å²) in [7, 11) is -3.70. The Morgan fingerprint density at radius 2 is 1.69 bits per heavy atom. The number of nitrogens with zero attached hydrogens (tertiary/aromatic N) is 3. The minimum absolute atomic E-state index is 0.00837. The van der Waals surface area contributed by atoms with Crippen molar-refractivity contribution in [1.82, 2.24) is 14.2 Å². The first-order valence-corrected chi connectivity index (χ1v) is 12.7. The van der Waals surface area contributed by atoms with E-state index in [9.17, 15) is 13.2 Å². The maximum absolute atomic E-state index is 13.5. The number of likely N-dealkylation sites (tertiary alicyclic amines) is 1. The van der Waals surface area contributed by atoms with Gasteiger partial charge in [-0.05, 0) is 49.9 Å². The monoisotopic (exact) mass is 453 g/mol. The van der Waals surface area contributed by atoms with Gasteiger partial charge in [-0.3, -0.25) is 4.79 Å². The van der Waals surface area contributed by atoms with Gasteiger partial charge in [-0.2, -0.15) is 4.31 Å². The third-order valence-electron chi connectivity index (χ3n) is 6.42. The van der Waals surface area contributed by atoms with Crippen molar-refractivity contribution >= 4 is 27.0 Å². The number of fused-ring (bicyclic) bond motifs is 1. The van der Waals surface area contributed by atoms with Crippen LogP contribution in [0.15, 0.2) is 57.8 Å². The molecule has 0 N–H and O–H groups in total.